The predicted octanol–water partition coefficient (Wildman–Crippen LogP) is 3.97. The first-order chi connectivity index (χ1) is 10.3. The lowest BCUT2D eigenvalue weighted by atomic mass is 9.85. The molecule has 2 fully saturated rings. The molecule has 3 rings (SSSR count). The molecule has 1 saturated carbocycles. The van der Waals surface area contributed by atoms with Crippen molar-refractivity contribution >= 4 is 16.5 Å². The van der Waals surface area contributed by atoms with Crippen LogP contribution in [0.2, 0.25) is 0 Å². The summed E-state index contributed by atoms with van der Waals surface area (Å²) in [6.45, 7) is 7.78. The summed E-state index contributed by atoms with van der Waals surface area (Å²) in [7, 11) is 0. The van der Waals surface area contributed by atoms with Gasteiger partial charge >= 0.3 is 0 Å². The van der Waals surface area contributed by atoms with Crippen LogP contribution in [0.1, 0.15) is 62.9 Å². The average Bonchev–Trinajstić information content (AvgIpc) is 3.11. The number of hydrogen-bond acceptors (Lipinski definition) is 4. The Morgan fingerprint density at radius 2 is 2.10 bits per heavy atom. The van der Waals surface area contributed by atoms with E-state index in [0.717, 1.165) is 31.5 Å². The Kier molecular flexibility index (Phi) is 5.17. The molecule has 118 valence electrons. The third-order valence-corrected chi connectivity index (χ3v) is 6.20. The molecule has 0 bridgehead atoms. The first-order valence-electron chi connectivity index (χ1n) is 8.79. The Labute approximate surface area is 133 Å². The maximum atomic E-state index is 4.98. The minimum Gasteiger partial charge on any atom is -0.345 e. The molecule has 0 spiro atoms. The van der Waals surface area contributed by atoms with Crippen molar-refractivity contribution in [2.24, 2.45) is 5.92 Å². The molecule has 1 aliphatic carbocycles. The summed E-state index contributed by atoms with van der Waals surface area (Å²) in [5.41, 5.74) is 1.32. The lowest BCUT2D eigenvalue weighted by Gasteiger charge is -2.31. The van der Waals surface area contributed by atoms with Gasteiger partial charge in [0.15, 0.2) is 5.13 Å². The van der Waals surface area contributed by atoms with E-state index >= 15 is 0 Å². The van der Waals surface area contributed by atoms with E-state index in [-0.39, 0.29) is 0 Å². The van der Waals surface area contributed by atoms with E-state index in [1.807, 2.05) is 11.3 Å². The largest absolute Gasteiger partial charge is 0.345 e. The lowest BCUT2D eigenvalue weighted by Crippen LogP contribution is -2.34. The maximum absolute atomic E-state index is 4.98. The van der Waals surface area contributed by atoms with Gasteiger partial charge in [0.1, 0.15) is 0 Å². The Morgan fingerprint density at radius 1 is 1.24 bits per heavy atom. The second-order valence-electron chi connectivity index (χ2n) is 6.49. The van der Waals surface area contributed by atoms with Crippen LogP contribution in [0, 0.1) is 5.92 Å². The topological polar surface area (TPSA) is 28.2 Å². The Bertz CT molecular complexity index is 457. The van der Waals surface area contributed by atoms with Crippen LogP contribution in [0.3, 0.4) is 0 Å². The molecule has 2 atom stereocenters. The van der Waals surface area contributed by atoms with E-state index in [1.165, 1.54) is 60.8 Å². The zero-order valence-corrected chi connectivity index (χ0v) is 14.3. The van der Waals surface area contributed by atoms with Gasteiger partial charge in [0.05, 0.1) is 5.69 Å². The van der Waals surface area contributed by atoms with Crippen LogP contribution in [0.15, 0.2) is 0 Å². The standard InChI is InChI=1S/C17H29N3S/c1-3-10-18-12-16-14(4-2)19-17(21-16)20-11-9-13-7-5-6-8-15(13)20/h13,15,18H,3-12H2,1-2H3. The zero-order chi connectivity index (χ0) is 14.7. The van der Waals surface area contributed by atoms with E-state index in [9.17, 15) is 0 Å². The minimum absolute atomic E-state index is 0.783. The zero-order valence-electron chi connectivity index (χ0n) is 13.5. The molecular formula is C17H29N3S. The fourth-order valence-corrected chi connectivity index (χ4v) is 5.13. The van der Waals surface area contributed by atoms with Crippen molar-refractivity contribution in [2.45, 2.75) is 71.4 Å². The minimum atomic E-state index is 0.783. The first kappa shape index (κ1) is 15.3. The molecule has 4 heteroatoms. The number of aryl methyl sites for hydroxylation is 1. The quantitative estimate of drug-likeness (QED) is 0.806. The van der Waals surface area contributed by atoms with Crippen molar-refractivity contribution in [1.82, 2.24) is 10.3 Å². The molecule has 1 aromatic heterocycles. The summed E-state index contributed by atoms with van der Waals surface area (Å²) in [6, 6.07) is 0.783. The highest BCUT2D eigenvalue weighted by Crippen LogP contribution is 2.40. The molecule has 2 heterocycles. The highest BCUT2D eigenvalue weighted by molar-refractivity contribution is 7.15. The van der Waals surface area contributed by atoms with Crippen LogP contribution in [0.4, 0.5) is 5.13 Å². The number of rotatable bonds is 6. The number of aromatic nitrogens is 1. The molecule has 0 radical (unpaired) electrons. The summed E-state index contributed by atoms with van der Waals surface area (Å²) in [5, 5.41) is 4.84. The summed E-state index contributed by atoms with van der Waals surface area (Å²) in [6.07, 6.45) is 9.32. The van der Waals surface area contributed by atoms with Crippen LogP contribution >= 0.6 is 11.3 Å². The molecule has 2 unspecified atom stereocenters. The monoisotopic (exact) mass is 307 g/mol. The molecule has 3 nitrogen and oxygen atoms in total. The lowest BCUT2D eigenvalue weighted by molar-refractivity contribution is 0.342. The van der Waals surface area contributed by atoms with Gasteiger partial charge in [-0.3, -0.25) is 0 Å². The summed E-state index contributed by atoms with van der Waals surface area (Å²) < 4.78 is 0. The van der Waals surface area contributed by atoms with Gasteiger partial charge in [-0.1, -0.05) is 26.7 Å². The maximum Gasteiger partial charge on any atom is 0.186 e. The van der Waals surface area contributed by atoms with Gasteiger partial charge in [0, 0.05) is 24.0 Å². The van der Waals surface area contributed by atoms with Crippen LogP contribution in [0.5, 0.6) is 0 Å². The second-order valence-corrected chi connectivity index (χ2v) is 7.55. The first-order valence-corrected chi connectivity index (χ1v) is 9.61. The normalized spacial score (nSPS) is 25.3. The van der Waals surface area contributed by atoms with Crippen molar-refractivity contribution in [3.63, 3.8) is 0 Å². The molecule has 2 aliphatic rings. The van der Waals surface area contributed by atoms with E-state index in [0.29, 0.717) is 0 Å². The van der Waals surface area contributed by atoms with Gasteiger partial charge in [-0.05, 0) is 44.6 Å². The fraction of sp³-hybridized carbons (Fsp3) is 0.824. The van der Waals surface area contributed by atoms with Crippen LogP contribution in [-0.2, 0) is 13.0 Å². The van der Waals surface area contributed by atoms with E-state index in [2.05, 4.69) is 24.1 Å². The van der Waals surface area contributed by atoms with Crippen molar-refractivity contribution < 1.29 is 0 Å². The van der Waals surface area contributed by atoms with Gasteiger partial charge in [-0.2, -0.15) is 0 Å². The third kappa shape index (κ3) is 3.26. The third-order valence-electron chi connectivity index (χ3n) is 5.07. The van der Waals surface area contributed by atoms with Gasteiger partial charge in [0.2, 0.25) is 0 Å². The molecule has 1 N–H and O–H groups in total. The summed E-state index contributed by atoms with van der Waals surface area (Å²) >= 11 is 1.94. The van der Waals surface area contributed by atoms with Gasteiger partial charge in [0.25, 0.3) is 0 Å². The summed E-state index contributed by atoms with van der Waals surface area (Å²) in [4.78, 5) is 9.08. The number of nitrogens with one attached hydrogen (secondary N) is 1. The molecule has 0 amide bonds. The van der Waals surface area contributed by atoms with E-state index < -0.39 is 0 Å². The van der Waals surface area contributed by atoms with Crippen molar-refractivity contribution in [2.75, 3.05) is 18.0 Å². The van der Waals surface area contributed by atoms with E-state index in [1.54, 1.807) is 0 Å². The van der Waals surface area contributed by atoms with Crippen LogP contribution in [-0.4, -0.2) is 24.1 Å². The number of fused-ring (bicyclic) bond motifs is 1. The Morgan fingerprint density at radius 3 is 2.90 bits per heavy atom. The SMILES string of the molecule is CCCNCc1sc(N2CCC3CCCCC32)nc1CC. The predicted molar refractivity (Wildman–Crippen MR) is 91.2 cm³/mol. The number of nitrogens with zero attached hydrogens (tertiary/aromatic N) is 2. The molecule has 0 aromatic carbocycles. The molecule has 1 aliphatic heterocycles. The molecule has 1 saturated heterocycles. The van der Waals surface area contributed by atoms with Crippen LogP contribution in [0.25, 0.3) is 0 Å². The number of thiazole rings is 1. The highest BCUT2D eigenvalue weighted by Gasteiger charge is 2.37. The molecule has 1 aromatic rings. The average molecular weight is 308 g/mol. The van der Waals surface area contributed by atoms with Crippen molar-refractivity contribution in [1.29, 1.82) is 0 Å². The number of anilines is 1. The van der Waals surface area contributed by atoms with Crippen molar-refractivity contribution in [3.05, 3.63) is 10.6 Å². The molecular weight excluding hydrogens is 278 g/mol. The van der Waals surface area contributed by atoms with Gasteiger partial charge in [-0.15, -0.1) is 11.3 Å². The van der Waals surface area contributed by atoms with Gasteiger partial charge in [-0.25, -0.2) is 4.98 Å². The molecule has 21 heavy (non-hydrogen) atoms. The summed E-state index contributed by atoms with van der Waals surface area (Å²) in [5.74, 6) is 0.939. The smallest absolute Gasteiger partial charge is 0.186 e. The Hall–Kier alpha value is -0.610. The second kappa shape index (κ2) is 7.10. The Balaban J connectivity index is 1.72. The highest BCUT2D eigenvalue weighted by atomic mass is 32.1. The number of hydrogen-bond donors (Lipinski definition) is 1. The van der Waals surface area contributed by atoms with E-state index in [4.69, 9.17) is 4.98 Å². The van der Waals surface area contributed by atoms with Gasteiger partial charge < -0.3 is 10.2 Å². The van der Waals surface area contributed by atoms with Crippen LogP contribution < -0.4 is 10.2 Å². The fourth-order valence-electron chi connectivity index (χ4n) is 3.93. The van der Waals surface area contributed by atoms with Crippen molar-refractivity contribution in [3.8, 4) is 0 Å².